The Labute approximate surface area is 146 Å². The summed E-state index contributed by atoms with van der Waals surface area (Å²) in [5, 5.41) is 2.70. The summed E-state index contributed by atoms with van der Waals surface area (Å²) < 4.78 is 40.4. The number of fused-ring (bicyclic) bond motifs is 1. The van der Waals surface area contributed by atoms with E-state index in [4.69, 9.17) is 0 Å². The van der Waals surface area contributed by atoms with Gasteiger partial charge in [0.15, 0.2) is 0 Å². The molecule has 5 nitrogen and oxygen atoms in total. The Hall–Kier alpha value is -2.25. The fraction of sp³-hybridized carbons (Fsp3) is 0.278. The van der Waals surface area contributed by atoms with E-state index in [0.29, 0.717) is 5.69 Å². The largest absolute Gasteiger partial charge is 0.325 e. The maximum atomic E-state index is 13.7. The second-order valence-corrected chi connectivity index (χ2v) is 7.78. The van der Waals surface area contributed by atoms with E-state index in [2.05, 4.69) is 10.0 Å². The van der Waals surface area contributed by atoms with Crippen molar-refractivity contribution >= 4 is 21.6 Å². The number of carbonyl (C=O) groups excluding carboxylic acids is 1. The predicted molar refractivity (Wildman–Crippen MR) is 93.3 cm³/mol. The van der Waals surface area contributed by atoms with Gasteiger partial charge in [-0.1, -0.05) is 18.2 Å². The van der Waals surface area contributed by atoms with Crippen molar-refractivity contribution in [3.05, 3.63) is 59.4 Å². The number of sulfonamides is 1. The molecule has 0 saturated carbocycles. The van der Waals surface area contributed by atoms with Gasteiger partial charge in [-0.2, -0.15) is 4.72 Å². The average Bonchev–Trinajstić information content (AvgIpc) is 3.02. The maximum absolute atomic E-state index is 13.7. The molecule has 7 heteroatoms. The van der Waals surface area contributed by atoms with Crippen molar-refractivity contribution in [3.8, 4) is 0 Å². The first-order valence-corrected chi connectivity index (χ1v) is 9.55. The highest BCUT2D eigenvalue weighted by molar-refractivity contribution is 7.89. The summed E-state index contributed by atoms with van der Waals surface area (Å²) >= 11 is 0. The van der Waals surface area contributed by atoms with Crippen molar-refractivity contribution in [3.63, 3.8) is 0 Å². The van der Waals surface area contributed by atoms with Crippen molar-refractivity contribution in [1.82, 2.24) is 4.72 Å². The number of amides is 1. The molecule has 0 heterocycles. The van der Waals surface area contributed by atoms with Crippen molar-refractivity contribution in [2.75, 3.05) is 5.32 Å². The lowest BCUT2D eigenvalue weighted by molar-refractivity contribution is -0.117. The quantitative estimate of drug-likeness (QED) is 0.859. The van der Waals surface area contributed by atoms with Gasteiger partial charge >= 0.3 is 0 Å². The number of aryl methyl sites for hydroxylation is 2. The minimum absolute atomic E-state index is 0.479. The smallest absolute Gasteiger partial charge is 0.244 e. The molecule has 0 aromatic heterocycles. The van der Waals surface area contributed by atoms with Crippen LogP contribution in [0.1, 0.15) is 24.5 Å². The summed E-state index contributed by atoms with van der Waals surface area (Å²) in [6.45, 7) is 1.42. The van der Waals surface area contributed by atoms with Gasteiger partial charge < -0.3 is 5.32 Å². The highest BCUT2D eigenvalue weighted by atomic mass is 32.2. The van der Waals surface area contributed by atoms with Crippen LogP contribution in [0.3, 0.4) is 0 Å². The Morgan fingerprint density at radius 2 is 1.84 bits per heavy atom. The van der Waals surface area contributed by atoms with Crippen LogP contribution in [-0.4, -0.2) is 20.4 Å². The van der Waals surface area contributed by atoms with Gasteiger partial charge in [0.25, 0.3) is 0 Å². The summed E-state index contributed by atoms with van der Waals surface area (Å²) in [7, 11) is -4.12. The Morgan fingerprint density at radius 1 is 1.12 bits per heavy atom. The highest BCUT2D eigenvalue weighted by Crippen LogP contribution is 2.25. The van der Waals surface area contributed by atoms with Crippen molar-refractivity contribution in [2.45, 2.75) is 37.1 Å². The number of hydrogen-bond donors (Lipinski definition) is 2. The molecule has 2 N–H and O–H groups in total. The van der Waals surface area contributed by atoms with E-state index in [1.54, 1.807) is 6.07 Å². The molecule has 0 aliphatic heterocycles. The lowest BCUT2D eigenvalue weighted by Crippen LogP contribution is -2.41. The molecule has 0 bridgehead atoms. The van der Waals surface area contributed by atoms with Gasteiger partial charge in [-0.15, -0.1) is 0 Å². The van der Waals surface area contributed by atoms with Gasteiger partial charge in [0.1, 0.15) is 10.7 Å². The monoisotopic (exact) mass is 362 g/mol. The molecule has 2 aromatic rings. The number of halogens is 1. The molecule has 132 valence electrons. The van der Waals surface area contributed by atoms with E-state index in [0.717, 1.165) is 31.4 Å². The zero-order valence-electron chi connectivity index (χ0n) is 13.8. The Bertz CT molecular complexity index is 912. The van der Waals surface area contributed by atoms with Crippen LogP contribution in [-0.2, 0) is 27.7 Å². The molecule has 0 radical (unpaired) electrons. The Morgan fingerprint density at radius 3 is 2.60 bits per heavy atom. The third kappa shape index (κ3) is 3.88. The molecule has 1 aliphatic carbocycles. The number of nitrogens with one attached hydrogen (secondary N) is 2. The third-order valence-corrected chi connectivity index (χ3v) is 5.79. The second kappa shape index (κ2) is 6.93. The first kappa shape index (κ1) is 17.6. The molecule has 1 aliphatic rings. The van der Waals surface area contributed by atoms with Crippen LogP contribution in [0, 0.1) is 5.82 Å². The Balaban J connectivity index is 1.69. The van der Waals surface area contributed by atoms with Gasteiger partial charge in [-0.25, -0.2) is 12.8 Å². The van der Waals surface area contributed by atoms with Gasteiger partial charge in [-0.3, -0.25) is 4.79 Å². The summed E-state index contributed by atoms with van der Waals surface area (Å²) in [5.41, 5.74) is 3.12. The fourth-order valence-electron chi connectivity index (χ4n) is 2.91. The van der Waals surface area contributed by atoms with E-state index in [1.807, 2.05) is 12.1 Å². The van der Waals surface area contributed by atoms with Crippen LogP contribution in [0.4, 0.5) is 10.1 Å². The van der Waals surface area contributed by atoms with Crippen LogP contribution in [0.25, 0.3) is 0 Å². The molecule has 25 heavy (non-hydrogen) atoms. The number of anilines is 1. The first-order valence-electron chi connectivity index (χ1n) is 8.06. The van der Waals surface area contributed by atoms with Crippen molar-refractivity contribution < 1.29 is 17.6 Å². The fourth-order valence-corrected chi connectivity index (χ4v) is 4.19. The van der Waals surface area contributed by atoms with Gasteiger partial charge in [0, 0.05) is 5.69 Å². The van der Waals surface area contributed by atoms with Crippen molar-refractivity contribution in [2.24, 2.45) is 0 Å². The minimum Gasteiger partial charge on any atom is -0.325 e. The van der Waals surface area contributed by atoms with Crippen LogP contribution < -0.4 is 10.0 Å². The van der Waals surface area contributed by atoms with Crippen LogP contribution >= 0.6 is 0 Å². The lowest BCUT2D eigenvalue weighted by atomic mass is 10.1. The van der Waals surface area contributed by atoms with Gasteiger partial charge in [0.05, 0.1) is 6.04 Å². The van der Waals surface area contributed by atoms with Gasteiger partial charge in [-0.05, 0) is 61.6 Å². The Kier molecular flexibility index (Phi) is 4.87. The summed E-state index contributed by atoms with van der Waals surface area (Å²) in [4.78, 5) is 11.8. The molecule has 1 amide bonds. The standard InChI is InChI=1S/C18H19FN2O3S/c1-12(21-25(23,24)17-8-3-2-7-16(17)19)18(22)20-15-10-9-13-5-4-6-14(13)11-15/h2-3,7-12,21H,4-6H2,1H3,(H,20,22)/t12-/m0/s1. The van der Waals surface area contributed by atoms with E-state index in [1.165, 1.54) is 30.2 Å². The topological polar surface area (TPSA) is 75.3 Å². The van der Waals surface area contributed by atoms with E-state index < -0.39 is 32.7 Å². The van der Waals surface area contributed by atoms with E-state index in [-0.39, 0.29) is 0 Å². The maximum Gasteiger partial charge on any atom is 0.244 e. The molecule has 0 saturated heterocycles. The average molecular weight is 362 g/mol. The second-order valence-electron chi connectivity index (χ2n) is 6.10. The normalized spacial score (nSPS) is 14.8. The summed E-state index contributed by atoms with van der Waals surface area (Å²) in [6, 6.07) is 9.69. The van der Waals surface area contributed by atoms with E-state index >= 15 is 0 Å². The zero-order chi connectivity index (χ0) is 18.0. The number of benzene rings is 2. The molecular formula is C18H19FN2O3S. The molecule has 0 fully saturated rings. The van der Waals surface area contributed by atoms with Crippen LogP contribution in [0.5, 0.6) is 0 Å². The molecule has 0 unspecified atom stereocenters. The number of hydrogen-bond acceptors (Lipinski definition) is 3. The molecule has 1 atom stereocenters. The van der Waals surface area contributed by atoms with Crippen LogP contribution in [0.2, 0.25) is 0 Å². The lowest BCUT2D eigenvalue weighted by Gasteiger charge is -2.15. The van der Waals surface area contributed by atoms with Crippen LogP contribution in [0.15, 0.2) is 47.4 Å². The minimum atomic E-state index is -4.12. The molecule has 3 rings (SSSR count). The molecule has 0 spiro atoms. The van der Waals surface area contributed by atoms with E-state index in [9.17, 15) is 17.6 Å². The number of rotatable bonds is 5. The molecule has 2 aromatic carbocycles. The van der Waals surface area contributed by atoms with Crippen molar-refractivity contribution in [1.29, 1.82) is 0 Å². The van der Waals surface area contributed by atoms with Gasteiger partial charge in [0.2, 0.25) is 15.9 Å². The SMILES string of the molecule is C[C@H](NS(=O)(=O)c1ccccc1F)C(=O)Nc1ccc2c(c1)CCC2. The first-order chi connectivity index (χ1) is 11.9. The molecular weight excluding hydrogens is 343 g/mol. The predicted octanol–water partition coefficient (Wildman–Crippen LogP) is 2.62. The highest BCUT2D eigenvalue weighted by Gasteiger charge is 2.24. The summed E-state index contributed by atoms with van der Waals surface area (Å²) in [5.74, 6) is -1.36. The number of carbonyl (C=O) groups is 1. The zero-order valence-corrected chi connectivity index (χ0v) is 14.6. The third-order valence-electron chi connectivity index (χ3n) is 4.22. The summed E-state index contributed by atoms with van der Waals surface area (Å²) in [6.07, 6.45) is 3.13.